The van der Waals surface area contributed by atoms with Gasteiger partial charge in [-0.15, -0.1) is 10.2 Å². The molecule has 8 nitrogen and oxygen atoms in total. The lowest BCUT2D eigenvalue weighted by Gasteiger charge is -2.10. The average molecular weight is 474 g/mol. The van der Waals surface area contributed by atoms with E-state index in [-0.39, 0.29) is 11.2 Å². The number of halogens is 1. The second kappa shape index (κ2) is 10.2. The summed E-state index contributed by atoms with van der Waals surface area (Å²) < 4.78 is 2.90. The number of nitrogens with zero attached hydrogens (tertiary/aromatic N) is 5. The van der Waals surface area contributed by atoms with E-state index in [0.29, 0.717) is 17.4 Å². The van der Waals surface area contributed by atoms with Crippen LogP contribution >= 0.6 is 27.7 Å². The van der Waals surface area contributed by atoms with Crippen LogP contribution in [0.2, 0.25) is 0 Å². The highest BCUT2D eigenvalue weighted by molar-refractivity contribution is 9.10. The molecular weight excluding hydrogens is 454 g/mol. The van der Waals surface area contributed by atoms with E-state index in [4.69, 9.17) is 0 Å². The minimum atomic E-state index is -0.383. The molecule has 29 heavy (non-hydrogen) atoms. The van der Waals surface area contributed by atoms with Gasteiger partial charge in [-0.1, -0.05) is 33.8 Å². The van der Waals surface area contributed by atoms with Crippen molar-refractivity contribution in [2.45, 2.75) is 23.9 Å². The number of pyridine rings is 1. The number of hydrogen-bond acceptors (Lipinski definition) is 7. The summed E-state index contributed by atoms with van der Waals surface area (Å²) >= 11 is 4.74. The Balaban J connectivity index is 1.52. The van der Waals surface area contributed by atoms with Crippen LogP contribution in [0.5, 0.6) is 0 Å². The Morgan fingerprint density at radius 3 is 2.79 bits per heavy atom. The van der Waals surface area contributed by atoms with E-state index in [1.807, 2.05) is 48.0 Å². The summed E-state index contributed by atoms with van der Waals surface area (Å²) in [6, 6.07) is 13.4. The van der Waals surface area contributed by atoms with Crippen LogP contribution in [0.3, 0.4) is 0 Å². The molecule has 3 aromatic rings. The largest absolute Gasteiger partial charge is 0.378 e. The summed E-state index contributed by atoms with van der Waals surface area (Å²) in [5.74, 6) is 0.552. The number of anilines is 1. The minimum absolute atomic E-state index is 0.222. The molecule has 0 spiro atoms. The van der Waals surface area contributed by atoms with E-state index in [2.05, 4.69) is 47.0 Å². The number of hydrogen-bond donors (Lipinski definition) is 2. The van der Waals surface area contributed by atoms with Gasteiger partial charge in [0, 0.05) is 23.4 Å². The topological polar surface area (TPSA) is 97.1 Å². The van der Waals surface area contributed by atoms with E-state index in [1.54, 1.807) is 19.2 Å². The molecule has 0 unspecified atom stereocenters. The Kier molecular flexibility index (Phi) is 7.36. The third-order valence-electron chi connectivity index (χ3n) is 3.93. The third-order valence-corrected chi connectivity index (χ3v) is 5.59. The van der Waals surface area contributed by atoms with Gasteiger partial charge in [0.05, 0.1) is 23.7 Å². The lowest BCUT2D eigenvalue weighted by Crippen LogP contribution is -2.27. The summed E-state index contributed by atoms with van der Waals surface area (Å²) in [5, 5.41) is 15.9. The van der Waals surface area contributed by atoms with Crippen molar-refractivity contribution >= 4 is 45.5 Å². The third kappa shape index (κ3) is 6.13. The molecule has 0 aliphatic carbocycles. The van der Waals surface area contributed by atoms with Crippen LogP contribution in [0.1, 0.15) is 18.4 Å². The first-order valence-corrected chi connectivity index (χ1v) is 10.5. The Morgan fingerprint density at radius 1 is 1.28 bits per heavy atom. The number of carbonyl (C=O) groups excluding carboxylic acids is 1. The normalized spacial score (nSPS) is 12.1. The van der Waals surface area contributed by atoms with Crippen LogP contribution in [0, 0.1) is 0 Å². The highest BCUT2D eigenvalue weighted by atomic mass is 79.9. The first-order valence-electron chi connectivity index (χ1n) is 8.81. The number of hydrazone groups is 1. The molecule has 10 heteroatoms. The van der Waals surface area contributed by atoms with Crippen LogP contribution in [0.25, 0.3) is 0 Å². The van der Waals surface area contributed by atoms with Crippen molar-refractivity contribution in [2.24, 2.45) is 12.1 Å². The van der Waals surface area contributed by atoms with Crippen LogP contribution in [0.4, 0.5) is 5.69 Å². The number of benzene rings is 1. The Morgan fingerprint density at radius 2 is 2.07 bits per heavy atom. The number of nitrogens with one attached hydrogen (secondary N) is 2. The monoisotopic (exact) mass is 473 g/mol. The molecule has 150 valence electrons. The van der Waals surface area contributed by atoms with Crippen molar-refractivity contribution in [3.05, 3.63) is 64.7 Å². The maximum atomic E-state index is 12.3. The standard InChI is InChI=1S/C19H20BrN7OS/c1-13(18(28)25-23-11-16-5-3-4-10-21-16)29-19-26-24-17(27(19)2)12-22-15-8-6-14(20)7-9-15/h3-11,13,22H,12H2,1-2H3,(H,25,28)/b23-11-/t13-/m1/s1. The SMILES string of the molecule is C[C@@H](Sc1nnc(CNc2ccc(Br)cc2)n1C)C(=O)N/N=C\c1ccccn1. The molecule has 1 aromatic carbocycles. The van der Waals surface area contributed by atoms with E-state index in [1.165, 1.54) is 18.0 Å². The van der Waals surface area contributed by atoms with Crippen molar-refractivity contribution in [1.82, 2.24) is 25.2 Å². The molecule has 0 radical (unpaired) electrons. The zero-order valence-corrected chi connectivity index (χ0v) is 18.3. The molecule has 2 N–H and O–H groups in total. The predicted octanol–water partition coefficient (Wildman–Crippen LogP) is 3.22. The summed E-state index contributed by atoms with van der Waals surface area (Å²) in [6.07, 6.45) is 3.17. The van der Waals surface area contributed by atoms with Crippen LogP contribution in [-0.2, 0) is 18.4 Å². The Bertz CT molecular complexity index is 976. The molecule has 3 rings (SSSR count). The van der Waals surface area contributed by atoms with E-state index in [0.717, 1.165) is 16.0 Å². The number of aromatic nitrogens is 4. The number of thioether (sulfide) groups is 1. The zero-order valence-electron chi connectivity index (χ0n) is 15.9. The molecule has 0 fully saturated rings. The highest BCUT2D eigenvalue weighted by Gasteiger charge is 2.18. The molecule has 0 aliphatic heterocycles. The van der Waals surface area contributed by atoms with E-state index in [9.17, 15) is 4.79 Å². The van der Waals surface area contributed by atoms with Gasteiger partial charge in [0.1, 0.15) is 0 Å². The summed E-state index contributed by atoms with van der Waals surface area (Å²) in [5.41, 5.74) is 4.19. The maximum absolute atomic E-state index is 12.3. The quantitative estimate of drug-likeness (QED) is 0.296. The molecule has 0 bridgehead atoms. The van der Waals surface area contributed by atoms with Crippen LogP contribution in [-0.4, -0.2) is 37.1 Å². The molecule has 0 saturated heterocycles. The average Bonchev–Trinajstić information content (AvgIpc) is 3.07. The van der Waals surface area contributed by atoms with Gasteiger partial charge in [-0.25, -0.2) is 5.43 Å². The van der Waals surface area contributed by atoms with Crippen molar-refractivity contribution in [3.8, 4) is 0 Å². The highest BCUT2D eigenvalue weighted by Crippen LogP contribution is 2.22. The molecule has 2 heterocycles. The van der Waals surface area contributed by atoms with Crippen molar-refractivity contribution < 1.29 is 4.79 Å². The van der Waals surface area contributed by atoms with Gasteiger partial charge >= 0.3 is 0 Å². The molecule has 1 atom stereocenters. The van der Waals surface area contributed by atoms with Gasteiger partial charge in [0.2, 0.25) is 0 Å². The van der Waals surface area contributed by atoms with Crippen molar-refractivity contribution in [2.75, 3.05) is 5.32 Å². The Labute approximate surface area is 181 Å². The molecule has 0 saturated carbocycles. The number of rotatable bonds is 8. The molecular formula is C19H20BrN7OS. The van der Waals surface area contributed by atoms with Gasteiger partial charge in [-0.2, -0.15) is 5.10 Å². The van der Waals surface area contributed by atoms with Crippen LogP contribution < -0.4 is 10.7 Å². The van der Waals surface area contributed by atoms with Gasteiger partial charge < -0.3 is 9.88 Å². The fourth-order valence-corrected chi connectivity index (χ4v) is 3.36. The second-order valence-electron chi connectivity index (χ2n) is 6.07. The minimum Gasteiger partial charge on any atom is -0.378 e. The number of carbonyl (C=O) groups is 1. The van der Waals surface area contributed by atoms with Gasteiger partial charge in [0.15, 0.2) is 11.0 Å². The lowest BCUT2D eigenvalue weighted by atomic mass is 10.3. The smallest absolute Gasteiger partial charge is 0.253 e. The Hall–Kier alpha value is -2.72. The zero-order chi connectivity index (χ0) is 20.6. The predicted molar refractivity (Wildman–Crippen MR) is 118 cm³/mol. The number of amides is 1. The first kappa shape index (κ1) is 21.0. The van der Waals surface area contributed by atoms with Gasteiger partial charge in [-0.3, -0.25) is 9.78 Å². The molecule has 2 aromatic heterocycles. The van der Waals surface area contributed by atoms with Gasteiger partial charge in [0.25, 0.3) is 5.91 Å². The summed E-state index contributed by atoms with van der Waals surface area (Å²) in [7, 11) is 1.88. The fraction of sp³-hybridized carbons (Fsp3) is 0.211. The van der Waals surface area contributed by atoms with Crippen LogP contribution in [0.15, 0.2) is 63.4 Å². The van der Waals surface area contributed by atoms with E-state index >= 15 is 0 Å². The second-order valence-corrected chi connectivity index (χ2v) is 8.29. The summed E-state index contributed by atoms with van der Waals surface area (Å²) in [6.45, 7) is 2.32. The van der Waals surface area contributed by atoms with Crippen molar-refractivity contribution in [1.29, 1.82) is 0 Å². The molecule has 1 amide bonds. The first-order chi connectivity index (χ1) is 14.0. The molecule has 0 aliphatic rings. The van der Waals surface area contributed by atoms with Crippen molar-refractivity contribution in [3.63, 3.8) is 0 Å². The van der Waals surface area contributed by atoms with Gasteiger partial charge in [-0.05, 0) is 43.3 Å². The lowest BCUT2D eigenvalue weighted by molar-refractivity contribution is -0.120. The van der Waals surface area contributed by atoms with E-state index < -0.39 is 0 Å². The maximum Gasteiger partial charge on any atom is 0.253 e. The summed E-state index contributed by atoms with van der Waals surface area (Å²) in [4.78, 5) is 16.4. The fourth-order valence-electron chi connectivity index (χ4n) is 2.27.